The average Bonchev–Trinajstić information content (AvgIpc) is 1.83. The van der Waals surface area contributed by atoms with Crippen LogP contribution in [0, 0.1) is 11.3 Å². The van der Waals surface area contributed by atoms with Crippen molar-refractivity contribution in [1.29, 1.82) is 0 Å². The molecule has 1 saturated carbocycles. The Bertz CT molecular complexity index is 134. The van der Waals surface area contributed by atoms with Gasteiger partial charge in [0.1, 0.15) is 0 Å². The van der Waals surface area contributed by atoms with Gasteiger partial charge in [-0.3, -0.25) is 0 Å². The maximum Gasteiger partial charge on any atom is 0.00126 e. The quantitative estimate of drug-likeness (QED) is 0.682. The van der Waals surface area contributed by atoms with Crippen molar-refractivity contribution < 1.29 is 0 Å². The van der Waals surface area contributed by atoms with Gasteiger partial charge in [0.15, 0.2) is 0 Å². The monoisotopic (exact) mass is 169 g/mol. The molecule has 0 amide bonds. The van der Waals surface area contributed by atoms with Crippen molar-refractivity contribution in [2.24, 2.45) is 11.3 Å². The Kier molecular flexibility index (Phi) is 3.16. The molecule has 0 heterocycles. The van der Waals surface area contributed by atoms with Crippen molar-refractivity contribution in [2.75, 3.05) is 6.54 Å². The third-order valence-corrected chi connectivity index (χ3v) is 3.44. The van der Waals surface area contributed by atoms with Gasteiger partial charge in [0.2, 0.25) is 0 Å². The Balaban J connectivity index is 2.35. The Morgan fingerprint density at radius 1 is 1.17 bits per heavy atom. The highest BCUT2D eigenvalue weighted by molar-refractivity contribution is 4.92. The molecule has 0 aliphatic heterocycles. The van der Waals surface area contributed by atoms with Crippen LogP contribution in [-0.2, 0) is 0 Å². The van der Waals surface area contributed by atoms with Gasteiger partial charge in [-0.25, -0.2) is 0 Å². The first-order valence-electron chi connectivity index (χ1n) is 5.30. The zero-order chi connectivity index (χ0) is 9.19. The minimum absolute atomic E-state index is 0.640. The van der Waals surface area contributed by atoms with Gasteiger partial charge in [0.25, 0.3) is 0 Å². The normalized spacial score (nSPS) is 21.5. The molecule has 72 valence electrons. The molecule has 0 aromatic carbocycles. The molecule has 0 aromatic heterocycles. The van der Waals surface area contributed by atoms with E-state index < -0.39 is 0 Å². The SMILES string of the molecule is CC(C)NCC1(C(C)C)CCC1. The van der Waals surface area contributed by atoms with Crippen LogP contribution in [0.15, 0.2) is 0 Å². The third kappa shape index (κ3) is 2.01. The predicted octanol–water partition coefficient (Wildman–Crippen LogP) is 2.81. The average molecular weight is 169 g/mol. The molecule has 1 heteroatoms. The first-order valence-corrected chi connectivity index (χ1v) is 5.30. The van der Waals surface area contributed by atoms with Crippen molar-refractivity contribution in [3.8, 4) is 0 Å². The summed E-state index contributed by atoms with van der Waals surface area (Å²) in [5.74, 6) is 0.845. The second kappa shape index (κ2) is 3.78. The molecule has 0 spiro atoms. The zero-order valence-corrected chi connectivity index (χ0v) is 8.98. The molecule has 1 rings (SSSR count). The van der Waals surface area contributed by atoms with Gasteiger partial charge in [-0.05, 0) is 24.2 Å². The van der Waals surface area contributed by atoms with Crippen LogP contribution in [0.25, 0.3) is 0 Å². The summed E-state index contributed by atoms with van der Waals surface area (Å²) in [5.41, 5.74) is 0.643. The van der Waals surface area contributed by atoms with Crippen molar-refractivity contribution >= 4 is 0 Å². The van der Waals surface area contributed by atoms with Crippen molar-refractivity contribution in [1.82, 2.24) is 5.32 Å². The van der Waals surface area contributed by atoms with E-state index in [9.17, 15) is 0 Å². The molecule has 0 saturated heterocycles. The van der Waals surface area contributed by atoms with E-state index in [2.05, 4.69) is 33.0 Å². The van der Waals surface area contributed by atoms with Crippen LogP contribution in [0.3, 0.4) is 0 Å². The van der Waals surface area contributed by atoms with Crippen molar-refractivity contribution in [3.05, 3.63) is 0 Å². The Morgan fingerprint density at radius 2 is 1.75 bits per heavy atom. The van der Waals surface area contributed by atoms with Crippen LogP contribution in [0.2, 0.25) is 0 Å². The molecule has 0 atom stereocenters. The fourth-order valence-electron chi connectivity index (χ4n) is 2.00. The molecule has 1 fully saturated rings. The molecule has 0 aromatic rings. The van der Waals surface area contributed by atoms with Crippen LogP contribution in [-0.4, -0.2) is 12.6 Å². The number of hydrogen-bond donors (Lipinski definition) is 1. The lowest BCUT2D eigenvalue weighted by molar-refractivity contribution is 0.0656. The third-order valence-electron chi connectivity index (χ3n) is 3.44. The molecule has 1 aliphatic rings. The number of rotatable bonds is 4. The van der Waals surface area contributed by atoms with E-state index in [0.29, 0.717) is 11.5 Å². The second-order valence-electron chi connectivity index (χ2n) is 4.91. The van der Waals surface area contributed by atoms with E-state index in [4.69, 9.17) is 0 Å². The zero-order valence-electron chi connectivity index (χ0n) is 8.98. The summed E-state index contributed by atoms with van der Waals surface area (Å²) in [7, 11) is 0. The maximum absolute atomic E-state index is 3.57. The summed E-state index contributed by atoms with van der Waals surface area (Å²) in [5, 5.41) is 3.57. The number of nitrogens with one attached hydrogen (secondary N) is 1. The van der Waals surface area contributed by atoms with Crippen LogP contribution >= 0.6 is 0 Å². The smallest absolute Gasteiger partial charge is 0.00126 e. The first-order chi connectivity index (χ1) is 5.57. The summed E-state index contributed by atoms with van der Waals surface area (Å²) < 4.78 is 0. The van der Waals surface area contributed by atoms with Gasteiger partial charge in [0, 0.05) is 12.6 Å². The molecule has 1 N–H and O–H groups in total. The molecule has 1 aliphatic carbocycles. The van der Waals surface area contributed by atoms with Crippen LogP contribution in [0.1, 0.15) is 47.0 Å². The Hall–Kier alpha value is -0.0400. The Labute approximate surface area is 76.9 Å². The van der Waals surface area contributed by atoms with Gasteiger partial charge in [-0.1, -0.05) is 34.1 Å². The van der Waals surface area contributed by atoms with E-state index in [1.807, 2.05) is 0 Å². The van der Waals surface area contributed by atoms with E-state index in [1.54, 1.807) is 0 Å². The van der Waals surface area contributed by atoms with Gasteiger partial charge in [-0.2, -0.15) is 0 Å². The first kappa shape index (κ1) is 10.0. The fourth-order valence-corrected chi connectivity index (χ4v) is 2.00. The molecule has 0 unspecified atom stereocenters. The topological polar surface area (TPSA) is 12.0 Å². The summed E-state index contributed by atoms with van der Waals surface area (Å²) in [4.78, 5) is 0. The largest absolute Gasteiger partial charge is 0.314 e. The maximum atomic E-state index is 3.57. The van der Waals surface area contributed by atoms with Crippen LogP contribution in [0.5, 0.6) is 0 Å². The van der Waals surface area contributed by atoms with E-state index in [1.165, 1.54) is 25.8 Å². The highest BCUT2D eigenvalue weighted by Crippen LogP contribution is 2.46. The van der Waals surface area contributed by atoms with E-state index >= 15 is 0 Å². The van der Waals surface area contributed by atoms with Gasteiger partial charge < -0.3 is 5.32 Å². The lowest BCUT2D eigenvalue weighted by Gasteiger charge is -2.46. The molecular formula is C11H23N. The lowest BCUT2D eigenvalue weighted by atomic mass is 9.62. The minimum Gasteiger partial charge on any atom is -0.314 e. The second-order valence-corrected chi connectivity index (χ2v) is 4.91. The number of hydrogen-bond acceptors (Lipinski definition) is 1. The minimum atomic E-state index is 0.640. The highest BCUT2D eigenvalue weighted by Gasteiger charge is 2.39. The summed E-state index contributed by atoms with van der Waals surface area (Å²) in [6, 6.07) is 0.640. The summed E-state index contributed by atoms with van der Waals surface area (Å²) in [6.45, 7) is 10.4. The molecule has 12 heavy (non-hydrogen) atoms. The van der Waals surface area contributed by atoms with Gasteiger partial charge in [0.05, 0.1) is 0 Å². The van der Waals surface area contributed by atoms with Gasteiger partial charge in [-0.15, -0.1) is 0 Å². The highest BCUT2D eigenvalue weighted by atomic mass is 14.9. The molecular weight excluding hydrogens is 146 g/mol. The molecule has 1 nitrogen and oxygen atoms in total. The van der Waals surface area contributed by atoms with Crippen LogP contribution < -0.4 is 5.32 Å². The standard InChI is InChI=1S/C11H23N/c1-9(2)11(6-5-7-11)8-12-10(3)4/h9-10,12H,5-8H2,1-4H3. The van der Waals surface area contributed by atoms with Crippen molar-refractivity contribution in [3.63, 3.8) is 0 Å². The Morgan fingerprint density at radius 3 is 2.00 bits per heavy atom. The fraction of sp³-hybridized carbons (Fsp3) is 1.00. The van der Waals surface area contributed by atoms with Crippen molar-refractivity contribution in [2.45, 2.75) is 53.0 Å². The van der Waals surface area contributed by atoms with Crippen LogP contribution in [0.4, 0.5) is 0 Å². The predicted molar refractivity (Wildman–Crippen MR) is 54.3 cm³/mol. The van der Waals surface area contributed by atoms with Gasteiger partial charge >= 0.3 is 0 Å². The van der Waals surface area contributed by atoms with E-state index in [-0.39, 0.29) is 0 Å². The summed E-state index contributed by atoms with van der Waals surface area (Å²) in [6.07, 6.45) is 4.31. The molecule has 0 bridgehead atoms. The van der Waals surface area contributed by atoms with E-state index in [0.717, 1.165) is 5.92 Å². The molecule has 0 radical (unpaired) electrons. The summed E-state index contributed by atoms with van der Waals surface area (Å²) >= 11 is 0. The lowest BCUT2D eigenvalue weighted by Crippen LogP contribution is -2.45.